The molecule has 0 spiro atoms. The Balaban J connectivity index is 1.36. The molecule has 4 rings (SSSR count). The summed E-state index contributed by atoms with van der Waals surface area (Å²) < 4.78 is 5.64. The van der Waals surface area contributed by atoms with E-state index in [1.54, 1.807) is 6.21 Å². The number of nitrogens with one attached hydrogen (secondary N) is 1. The summed E-state index contributed by atoms with van der Waals surface area (Å²) in [6, 6.07) is 22.4. The van der Waals surface area contributed by atoms with E-state index >= 15 is 0 Å². The first-order valence-electron chi connectivity index (χ1n) is 12.8. The Bertz CT molecular complexity index is 1220. The van der Waals surface area contributed by atoms with Gasteiger partial charge in [0.1, 0.15) is 5.75 Å². The Kier molecular flexibility index (Phi) is 7.78. The summed E-state index contributed by atoms with van der Waals surface area (Å²) in [7, 11) is 0. The number of benzene rings is 3. The van der Waals surface area contributed by atoms with Crippen molar-refractivity contribution in [1.82, 2.24) is 5.43 Å². The predicted octanol–water partition coefficient (Wildman–Crippen LogP) is 6.69. The first-order chi connectivity index (χ1) is 17.3. The van der Waals surface area contributed by atoms with E-state index in [9.17, 15) is 4.79 Å². The highest BCUT2D eigenvalue weighted by Crippen LogP contribution is 2.44. The van der Waals surface area contributed by atoms with Crippen molar-refractivity contribution >= 4 is 17.8 Å². The molecule has 0 saturated carbocycles. The Hall–Kier alpha value is -3.60. The number of nitrogens with zero attached hydrogens (tertiary/aromatic N) is 2. The summed E-state index contributed by atoms with van der Waals surface area (Å²) in [4.78, 5) is 14.8. The van der Waals surface area contributed by atoms with Crippen molar-refractivity contribution < 1.29 is 9.53 Å². The lowest BCUT2D eigenvalue weighted by Gasteiger charge is -2.48. The molecule has 3 aromatic carbocycles. The molecule has 5 nitrogen and oxygen atoms in total. The highest BCUT2D eigenvalue weighted by molar-refractivity contribution is 5.86. The molecule has 1 aliphatic rings. The van der Waals surface area contributed by atoms with Gasteiger partial charge in [0, 0.05) is 17.8 Å². The average molecular weight is 484 g/mol. The van der Waals surface area contributed by atoms with Crippen molar-refractivity contribution in [3.05, 3.63) is 83.4 Å². The van der Waals surface area contributed by atoms with Gasteiger partial charge < -0.3 is 9.64 Å². The number of aryl methyl sites for hydroxylation is 1. The Labute approximate surface area is 215 Å². The monoisotopic (exact) mass is 483 g/mol. The normalized spacial score (nSPS) is 16.6. The number of carbonyl (C=O) groups is 1. The molecule has 188 valence electrons. The van der Waals surface area contributed by atoms with Crippen LogP contribution >= 0.6 is 0 Å². The van der Waals surface area contributed by atoms with Crippen LogP contribution in [-0.4, -0.2) is 30.8 Å². The lowest BCUT2D eigenvalue weighted by molar-refractivity contribution is -0.123. The van der Waals surface area contributed by atoms with E-state index in [1.165, 1.54) is 11.3 Å². The molecule has 0 aromatic heterocycles. The van der Waals surface area contributed by atoms with Crippen molar-refractivity contribution in [2.45, 2.75) is 58.9 Å². The molecule has 3 aromatic rings. The first kappa shape index (κ1) is 25.5. The van der Waals surface area contributed by atoms with Gasteiger partial charge in [0.2, 0.25) is 0 Å². The van der Waals surface area contributed by atoms with E-state index in [0.29, 0.717) is 11.7 Å². The number of hydrogen-bond acceptors (Lipinski definition) is 4. The lowest BCUT2D eigenvalue weighted by Crippen LogP contribution is -2.48. The number of amides is 1. The molecule has 0 saturated heterocycles. The zero-order valence-corrected chi connectivity index (χ0v) is 22.0. The van der Waals surface area contributed by atoms with Crippen LogP contribution in [0.3, 0.4) is 0 Å². The van der Waals surface area contributed by atoms with E-state index < -0.39 is 0 Å². The second-order valence-corrected chi connectivity index (χ2v) is 10.3. The van der Waals surface area contributed by atoms with Gasteiger partial charge in [0.05, 0.1) is 6.21 Å². The molecule has 1 amide bonds. The highest BCUT2D eigenvalue weighted by atomic mass is 16.5. The fourth-order valence-electron chi connectivity index (χ4n) is 5.17. The minimum Gasteiger partial charge on any atom is -0.484 e. The van der Waals surface area contributed by atoms with Gasteiger partial charge in [-0.05, 0) is 91.6 Å². The van der Waals surface area contributed by atoms with Gasteiger partial charge in [-0.3, -0.25) is 4.79 Å². The van der Waals surface area contributed by atoms with E-state index in [0.717, 1.165) is 41.6 Å². The summed E-state index contributed by atoms with van der Waals surface area (Å²) in [5, 5.41) is 4.21. The Morgan fingerprint density at radius 2 is 1.81 bits per heavy atom. The van der Waals surface area contributed by atoms with Crippen LogP contribution in [0.5, 0.6) is 5.75 Å². The van der Waals surface area contributed by atoms with Crippen LogP contribution in [0.4, 0.5) is 5.69 Å². The maximum Gasteiger partial charge on any atom is 0.277 e. The van der Waals surface area contributed by atoms with E-state index in [-0.39, 0.29) is 18.1 Å². The fraction of sp³-hybridized carbons (Fsp3) is 0.355. The predicted molar refractivity (Wildman–Crippen MR) is 149 cm³/mol. The molecule has 0 radical (unpaired) electrons. The maximum atomic E-state index is 12.3. The molecule has 1 atom stereocenters. The molecule has 0 fully saturated rings. The zero-order chi connectivity index (χ0) is 25.7. The van der Waals surface area contributed by atoms with Crippen molar-refractivity contribution in [2.75, 3.05) is 18.1 Å². The minimum atomic E-state index is -0.293. The largest absolute Gasteiger partial charge is 0.484 e. The van der Waals surface area contributed by atoms with Crippen LogP contribution in [-0.2, 0) is 4.79 Å². The minimum absolute atomic E-state index is 0.0940. The first-order valence-corrected chi connectivity index (χ1v) is 12.8. The quantitative estimate of drug-likeness (QED) is 0.287. The Morgan fingerprint density at radius 3 is 2.50 bits per heavy atom. The third-order valence-corrected chi connectivity index (χ3v) is 6.94. The second-order valence-electron chi connectivity index (χ2n) is 10.3. The molecular formula is C31H37N3O2. The smallest absolute Gasteiger partial charge is 0.277 e. The van der Waals surface area contributed by atoms with E-state index in [1.807, 2.05) is 42.5 Å². The standard InChI is InChI=1S/C31H37N3O2/c1-6-16-34-29-17-22(2)26(18-28(29)23(3)19-31(34,4)5)20-32-33-30(35)21-36-27-14-12-25(13-15-27)24-10-8-7-9-11-24/h7-15,17-18,20,23H,6,16,19,21H2,1-5H3,(H,33,35)/b32-20+. The molecular weight excluding hydrogens is 446 g/mol. The third kappa shape index (κ3) is 5.78. The van der Waals surface area contributed by atoms with Gasteiger partial charge in [-0.1, -0.05) is 56.3 Å². The summed E-state index contributed by atoms with van der Waals surface area (Å²) in [5.74, 6) is 0.818. The van der Waals surface area contributed by atoms with Crippen molar-refractivity contribution in [2.24, 2.45) is 5.10 Å². The van der Waals surface area contributed by atoms with E-state index in [4.69, 9.17) is 4.74 Å². The molecule has 1 heterocycles. The average Bonchev–Trinajstić information content (AvgIpc) is 2.86. The number of hydrazone groups is 1. The van der Waals surface area contributed by atoms with Crippen molar-refractivity contribution in [3.63, 3.8) is 0 Å². The van der Waals surface area contributed by atoms with Gasteiger partial charge >= 0.3 is 0 Å². The maximum absolute atomic E-state index is 12.3. The highest BCUT2D eigenvalue weighted by Gasteiger charge is 2.36. The number of carbonyl (C=O) groups excluding carboxylic acids is 1. The zero-order valence-electron chi connectivity index (χ0n) is 22.0. The van der Waals surface area contributed by atoms with Gasteiger partial charge in [0.15, 0.2) is 6.61 Å². The van der Waals surface area contributed by atoms with Crippen LogP contribution in [0.1, 0.15) is 63.1 Å². The lowest BCUT2D eigenvalue weighted by atomic mass is 9.79. The van der Waals surface area contributed by atoms with E-state index in [2.05, 4.69) is 74.3 Å². The van der Waals surface area contributed by atoms with Crippen LogP contribution in [0, 0.1) is 6.92 Å². The molecule has 1 N–H and O–H groups in total. The van der Waals surface area contributed by atoms with Crippen LogP contribution < -0.4 is 15.1 Å². The summed E-state index contributed by atoms with van der Waals surface area (Å²) in [5.41, 5.74) is 9.83. The van der Waals surface area contributed by atoms with Crippen molar-refractivity contribution in [3.8, 4) is 16.9 Å². The molecule has 5 heteroatoms. The van der Waals surface area contributed by atoms with Gasteiger partial charge in [0.25, 0.3) is 5.91 Å². The molecule has 1 aliphatic heterocycles. The molecule has 36 heavy (non-hydrogen) atoms. The summed E-state index contributed by atoms with van der Waals surface area (Å²) >= 11 is 0. The molecule has 1 unspecified atom stereocenters. The van der Waals surface area contributed by atoms with Crippen molar-refractivity contribution in [1.29, 1.82) is 0 Å². The molecule has 0 aliphatic carbocycles. The van der Waals surface area contributed by atoms with Gasteiger partial charge in [-0.15, -0.1) is 0 Å². The van der Waals surface area contributed by atoms with Crippen LogP contribution in [0.25, 0.3) is 11.1 Å². The number of rotatable bonds is 8. The fourth-order valence-corrected chi connectivity index (χ4v) is 5.17. The topological polar surface area (TPSA) is 53.9 Å². The van der Waals surface area contributed by atoms with Gasteiger partial charge in [-0.2, -0.15) is 5.10 Å². The van der Waals surface area contributed by atoms with Crippen LogP contribution in [0.15, 0.2) is 71.8 Å². The Morgan fingerprint density at radius 1 is 1.11 bits per heavy atom. The number of ether oxygens (including phenoxy) is 1. The SMILES string of the molecule is CCCN1c2cc(C)c(/C=N/NC(=O)COc3ccc(-c4ccccc4)cc3)cc2C(C)CC1(C)C. The number of anilines is 1. The summed E-state index contributed by atoms with van der Waals surface area (Å²) in [6.07, 6.45) is 3.96. The second kappa shape index (κ2) is 11.0. The number of fused-ring (bicyclic) bond motifs is 1. The number of hydrogen-bond donors (Lipinski definition) is 1. The summed E-state index contributed by atoms with van der Waals surface area (Å²) in [6.45, 7) is 12.2. The van der Waals surface area contributed by atoms with Gasteiger partial charge in [-0.25, -0.2) is 5.43 Å². The third-order valence-electron chi connectivity index (χ3n) is 6.94. The molecule has 0 bridgehead atoms. The van der Waals surface area contributed by atoms with Crippen LogP contribution in [0.2, 0.25) is 0 Å².